The van der Waals surface area contributed by atoms with Crippen molar-refractivity contribution in [3.8, 4) is 5.75 Å². The maximum Gasteiger partial charge on any atom is 0.262 e. The lowest BCUT2D eigenvalue weighted by atomic mass is 10.1. The van der Waals surface area contributed by atoms with E-state index in [0.29, 0.717) is 22.7 Å². The molecule has 0 aromatic heterocycles. The van der Waals surface area contributed by atoms with E-state index in [1.165, 1.54) is 5.56 Å². The molecule has 0 spiro atoms. The van der Waals surface area contributed by atoms with Crippen LogP contribution in [0.25, 0.3) is 0 Å². The molecule has 0 radical (unpaired) electrons. The van der Waals surface area contributed by atoms with E-state index < -0.39 is 0 Å². The molecule has 0 saturated carbocycles. The van der Waals surface area contributed by atoms with Crippen LogP contribution in [0.4, 0.5) is 11.4 Å². The first kappa shape index (κ1) is 21.6. The molecule has 3 rings (SSSR count). The van der Waals surface area contributed by atoms with Gasteiger partial charge in [0.2, 0.25) is 0 Å². The maximum atomic E-state index is 12.4. The van der Waals surface area contributed by atoms with E-state index in [9.17, 15) is 9.59 Å². The largest absolute Gasteiger partial charge is 0.483 e. The predicted molar refractivity (Wildman–Crippen MR) is 123 cm³/mol. The summed E-state index contributed by atoms with van der Waals surface area (Å²) in [7, 11) is 0. The summed E-state index contributed by atoms with van der Waals surface area (Å²) in [5.74, 6) is 0.188. The van der Waals surface area contributed by atoms with Gasteiger partial charge in [-0.15, -0.1) is 0 Å². The van der Waals surface area contributed by atoms with Crippen molar-refractivity contribution in [2.75, 3.05) is 17.2 Å². The minimum atomic E-state index is -0.266. The molecule has 0 bridgehead atoms. The molecule has 6 heteroatoms. The van der Waals surface area contributed by atoms with Crippen LogP contribution >= 0.6 is 15.9 Å². The minimum absolute atomic E-state index is 0.101. The molecule has 3 aromatic carbocycles. The van der Waals surface area contributed by atoms with Crippen LogP contribution in [0.3, 0.4) is 0 Å². The summed E-state index contributed by atoms with van der Waals surface area (Å²) in [6.07, 6.45) is 0.931. The Hall–Kier alpha value is -3.12. The number of aryl methyl sites for hydroxylation is 2. The number of amides is 2. The molecule has 0 unspecified atom stereocenters. The first-order valence-electron chi connectivity index (χ1n) is 9.64. The summed E-state index contributed by atoms with van der Waals surface area (Å²) in [4.78, 5) is 24.6. The molecule has 3 aromatic rings. The predicted octanol–water partition coefficient (Wildman–Crippen LogP) is 5.59. The third kappa shape index (κ3) is 5.70. The van der Waals surface area contributed by atoms with E-state index >= 15 is 0 Å². The summed E-state index contributed by atoms with van der Waals surface area (Å²) < 4.78 is 6.41. The lowest BCUT2D eigenvalue weighted by molar-refractivity contribution is -0.118. The van der Waals surface area contributed by atoms with Crippen molar-refractivity contribution in [1.29, 1.82) is 0 Å². The number of hydrogen-bond donors (Lipinski definition) is 2. The number of benzene rings is 3. The Kier molecular flexibility index (Phi) is 7.25. The van der Waals surface area contributed by atoms with Crippen LogP contribution in [-0.4, -0.2) is 18.4 Å². The Bertz CT molecular complexity index is 1050. The number of hydrogen-bond acceptors (Lipinski definition) is 3. The topological polar surface area (TPSA) is 67.4 Å². The second kappa shape index (κ2) is 10.1. The summed E-state index contributed by atoms with van der Waals surface area (Å²) in [5.41, 5.74) is 4.00. The van der Waals surface area contributed by atoms with E-state index in [2.05, 4.69) is 33.5 Å². The van der Waals surface area contributed by atoms with Crippen molar-refractivity contribution in [3.63, 3.8) is 0 Å². The van der Waals surface area contributed by atoms with Gasteiger partial charge in [-0.25, -0.2) is 0 Å². The van der Waals surface area contributed by atoms with Crippen LogP contribution in [0.1, 0.15) is 28.4 Å². The van der Waals surface area contributed by atoms with E-state index in [0.717, 1.165) is 16.5 Å². The highest BCUT2D eigenvalue weighted by Crippen LogP contribution is 2.26. The van der Waals surface area contributed by atoms with Crippen molar-refractivity contribution < 1.29 is 14.3 Å². The molecule has 0 aliphatic carbocycles. The van der Waals surface area contributed by atoms with Crippen molar-refractivity contribution in [3.05, 3.63) is 87.9 Å². The van der Waals surface area contributed by atoms with Gasteiger partial charge in [0.05, 0.1) is 4.47 Å². The fourth-order valence-corrected chi connectivity index (χ4v) is 3.43. The van der Waals surface area contributed by atoms with E-state index in [1.54, 1.807) is 30.3 Å². The molecule has 0 atom stereocenters. The van der Waals surface area contributed by atoms with E-state index in [4.69, 9.17) is 4.74 Å². The Morgan fingerprint density at radius 3 is 2.23 bits per heavy atom. The molecule has 0 fully saturated rings. The van der Waals surface area contributed by atoms with Crippen LogP contribution in [-0.2, 0) is 11.2 Å². The van der Waals surface area contributed by atoms with Gasteiger partial charge < -0.3 is 15.4 Å². The number of anilines is 2. The first-order chi connectivity index (χ1) is 14.5. The van der Waals surface area contributed by atoms with Crippen molar-refractivity contribution in [2.45, 2.75) is 20.3 Å². The van der Waals surface area contributed by atoms with Gasteiger partial charge in [-0.05, 0) is 82.9 Å². The Morgan fingerprint density at radius 1 is 0.933 bits per heavy atom. The Balaban J connectivity index is 1.53. The molecule has 2 N–H and O–H groups in total. The second-order valence-corrected chi connectivity index (χ2v) is 7.66. The average Bonchev–Trinajstić information content (AvgIpc) is 2.74. The highest BCUT2D eigenvalue weighted by Gasteiger charge is 2.10. The van der Waals surface area contributed by atoms with E-state index in [1.807, 2.05) is 43.3 Å². The van der Waals surface area contributed by atoms with Crippen LogP contribution in [0.5, 0.6) is 5.75 Å². The van der Waals surface area contributed by atoms with Crippen LogP contribution in [0.15, 0.2) is 71.2 Å². The molecule has 2 amide bonds. The summed E-state index contributed by atoms with van der Waals surface area (Å²) in [6.45, 7) is 3.87. The van der Waals surface area contributed by atoms with Crippen LogP contribution in [0.2, 0.25) is 0 Å². The quantitative estimate of drug-likeness (QED) is 0.476. The molecule has 0 saturated heterocycles. The lowest BCUT2D eigenvalue weighted by Crippen LogP contribution is -2.20. The first-order valence-corrected chi connectivity index (χ1v) is 10.4. The molecule has 30 heavy (non-hydrogen) atoms. The maximum absolute atomic E-state index is 12.4. The zero-order valence-electron chi connectivity index (χ0n) is 16.9. The van der Waals surface area contributed by atoms with Crippen molar-refractivity contribution >= 4 is 39.1 Å². The lowest BCUT2D eigenvalue weighted by Gasteiger charge is -2.11. The van der Waals surface area contributed by atoms with Gasteiger partial charge in [0.25, 0.3) is 11.8 Å². The normalized spacial score (nSPS) is 10.4. The number of carbonyl (C=O) groups excluding carboxylic acids is 2. The molecule has 0 aliphatic rings. The van der Waals surface area contributed by atoms with Gasteiger partial charge in [0.15, 0.2) is 6.61 Å². The summed E-state index contributed by atoms with van der Waals surface area (Å²) in [5, 5.41) is 5.64. The summed E-state index contributed by atoms with van der Waals surface area (Å²) >= 11 is 3.46. The Morgan fingerprint density at radius 2 is 1.60 bits per heavy atom. The summed E-state index contributed by atoms with van der Waals surface area (Å²) in [6, 6.07) is 20.2. The van der Waals surface area contributed by atoms with Gasteiger partial charge in [0, 0.05) is 16.9 Å². The second-order valence-electron chi connectivity index (χ2n) is 6.80. The van der Waals surface area contributed by atoms with Gasteiger partial charge in [-0.3, -0.25) is 9.59 Å². The van der Waals surface area contributed by atoms with Crippen molar-refractivity contribution in [1.82, 2.24) is 0 Å². The molecular weight excluding hydrogens is 444 g/mol. The number of carbonyl (C=O) groups is 2. The van der Waals surface area contributed by atoms with Gasteiger partial charge in [0.1, 0.15) is 5.75 Å². The zero-order chi connectivity index (χ0) is 21.5. The smallest absolute Gasteiger partial charge is 0.262 e. The fourth-order valence-electron chi connectivity index (χ4n) is 2.88. The Labute approximate surface area is 184 Å². The highest BCUT2D eigenvalue weighted by molar-refractivity contribution is 9.10. The third-order valence-electron chi connectivity index (χ3n) is 4.58. The average molecular weight is 467 g/mol. The monoisotopic (exact) mass is 466 g/mol. The molecule has 0 aliphatic heterocycles. The number of halogens is 1. The van der Waals surface area contributed by atoms with Gasteiger partial charge in [-0.2, -0.15) is 0 Å². The zero-order valence-corrected chi connectivity index (χ0v) is 18.5. The van der Waals surface area contributed by atoms with Gasteiger partial charge in [-0.1, -0.05) is 31.2 Å². The third-order valence-corrected chi connectivity index (χ3v) is 5.20. The fraction of sp³-hybridized carbons (Fsp3) is 0.167. The molecule has 5 nitrogen and oxygen atoms in total. The SMILES string of the molecule is CCc1ccc(OCC(=O)Nc2ccc(NC(=O)c3ccccc3C)cc2)c(Br)c1. The van der Waals surface area contributed by atoms with Crippen LogP contribution in [0, 0.1) is 6.92 Å². The van der Waals surface area contributed by atoms with Gasteiger partial charge >= 0.3 is 0 Å². The standard InChI is InChI=1S/C24H23BrN2O3/c1-3-17-8-13-22(21(25)14-17)30-15-23(28)26-18-9-11-19(12-10-18)27-24(29)20-7-5-4-6-16(20)2/h4-14H,3,15H2,1-2H3,(H,26,28)(H,27,29). The molecule has 0 heterocycles. The number of nitrogens with one attached hydrogen (secondary N) is 2. The van der Waals surface area contributed by atoms with E-state index in [-0.39, 0.29) is 18.4 Å². The van der Waals surface area contributed by atoms with Crippen molar-refractivity contribution in [2.24, 2.45) is 0 Å². The number of ether oxygens (including phenoxy) is 1. The molecular formula is C24H23BrN2O3. The number of rotatable bonds is 7. The molecule has 154 valence electrons. The van der Waals surface area contributed by atoms with Crippen LogP contribution < -0.4 is 15.4 Å². The highest BCUT2D eigenvalue weighted by atomic mass is 79.9. The minimum Gasteiger partial charge on any atom is -0.483 e.